The molecule has 0 saturated carbocycles. The number of benzene rings is 2. The lowest BCUT2D eigenvalue weighted by Gasteiger charge is -2.15. The van der Waals surface area contributed by atoms with E-state index >= 15 is 0 Å². The van der Waals surface area contributed by atoms with Gasteiger partial charge in [0.15, 0.2) is 11.8 Å². The molecule has 2 aliphatic heterocycles. The number of hydrogen-bond donors (Lipinski definition) is 3. The van der Waals surface area contributed by atoms with E-state index in [1.54, 1.807) is 6.07 Å². The third-order valence-electron chi connectivity index (χ3n) is 6.38. The first-order valence-electron chi connectivity index (χ1n) is 11.8. The molecule has 10 heteroatoms. The van der Waals surface area contributed by atoms with Gasteiger partial charge < -0.3 is 34.8 Å². The predicted octanol–water partition coefficient (Wildman–Crippen LogP) is 3.19. The Morgan fingerprint density at radius 3 is 2.42 bits per heavy atom. The second-order valence-electron chi connectivity index (χ2n) is 8.79. The van der Waals surface area contributed by atoms with Gasteiger partial charge in [0.05, 0.1) is 29.4 Å². The second-order valence-corrected chi connectivity index (χ2v) is 9.20. The van der Waals surface area contributed by atoms with Gasteiger partial charge in [-0.2, -0.15) is 4.98 Å². The van der Waals surface area contributed by atoms with Gasteiger partial charge in [0.1, 0.15) is 30.7 Å². The summed E-state index contributed by atoms with van der Waals surface area (Å²) in [6, 6.07) is 18.0. The molecule has 2 aromatic heterocycles. The lowest BCUT2D eigenvalue weighted by Crippen LogP contribution is -2.34. The minimum absolute atomic E-state index is 0.239. The molecule has 4 aromatic rings. The zero-order chi connectivity index (χ0) is 24.6. The average molecular weight is 509 g/mol. The molecule has 6 rings (SSSR count). The monoisotopic (exact) mass is 508 g/mol. The number of ether oxygens (including phenoxy) is 4. The highest BCUT2D eigenvalue weighted by molar-refractivity contribution is 6.33. The fourth-order valence-corrected chi connectivity index (χ4v) is 4.84. The van der Waals surface area contributed by atoms with Gasteiger partial charge in [0, 0.05) is 12.1 Å². The van der Waals surface area contributed by atoms with E-state index in [9.17, 15) is 5.11 Å². The number of aromatic amines is 1. The highest BCUT2D eigenvalue weighted by Gasteiger charge is 2.48. The molecule has 36 heavy (non-hydrogen) atoms. The first kappa shape index (κ1) is 23.2. The van der Waals surface area contributed by atoms with E-state index in [1.165, 1.54) is 0 Å². The van der Waals surface area contributed by atoms with Gasteiger partial charge in [-0.25, -0.2) is 4.98 Å². The largest absolute Gasteiger partial charge is 0.492 e. The average Bonchev–Trinajstić information content (AvgIpc) is 3.59. The maximum atomic E-state index is 9.93. The molecular formula is C26H25ClN4O5. The third-order valence-corrected chi connectivity index (χ3v) is 6.67. The van der Waals surface area contributed by atoms with Crippen LogP contribution in [0.1, 0.15) is 0 Å². The van der Waals surface area contributed by atoms with Crippen LogP contribution in [0.25, 0.3) is 33.5 Å². The number of pyridine rings is 1. The van der Waals surface area contributed by atoms with Gasteiger partial charge in [-0.1, -0.05) is 48.0 Å². The Morgan fingerprint density at radius 1 is 0.972 bits per heavy atom. The molecule has 4 N–H and O–H groups in total. The van der Waals surface area contributed by atoms with Crippen molar-refractivity contribution in [1.82, 2.24) is 15.0 Å². The number of aliphatic hydroxyl groups is 1. The normalized spacial score (nSPS) is 23.2. The maximum Gasteiger partial charge on any atom is 0.296 e. The second kappa shape index (κ2) is 9.68. The van der Waals surface area contributed by atoms with Gasteiger partial charge in [-0.05, 0) is 29.3 Å². The Morgan fingerprint density at radius 2 is 1.67 bits per heavy atom. The number of halogens is 1. The molecule has 0 aliphatic carbocycles. The van der Waals surface area contributed by atoms with Crippen LogP contribution in [-0.2, 0) is 9.47 Å². The van der Waals surface area contributed by atoms with Crippen molar-refractivity contribution in [2.24, 2.45) is 5.73 Å². The van der Waals surface area contributed by atoms with Crippen molar-refractivity contribution in [3.05, 3.63) is 59.6 Å². The minimum Gasteiger partial charge on any atom is -0.492 e. The zero-order valence-corrected chi connectivity index (χ0v) is 20.0. The number of nitrogens with zero attached hydrogens (tertiary/aromatic N) is 2. The van der Waals surface area contributed by atoms with E-state index < -0.39 is 6.10 Å². The van der Waals surface area contributed by atoms with E-state index in [2.05, 4.69) is 15.0 Å². The molecule has 186 valence electrons. The summed E-state index contributed by atoms with van der Waals surface area (Å²) in [4.78, 5) is 12.3. The van der Waals surface area contributed by atoms with Crippen LogP contribution >= 0.6 is 11.6 Å². The number of aliphatic hydroxyl groups excluding tert-OH is 1. The van der Waals surface area contributed by atoms with Gasteiger partial charge >= 0.3 is 0 Å². The first-order chi connectivity index (χ1) is 17.6. The van der Waals surface area contributed by atoms with Crippen molar-refractivity contribution >= 4 is 22.8 Å². The molecule has 2 saturated heterocycles. The molecule has 4 heterocycles. The number of imidazole rings is 1. The van der Waals surface area contributed by atoms with E-state index in [1.807, 2.05) is 48.5 Å². The van der Waals surface area contributed by atoms with Crippen molar-refractivity contribution in [1.29, 1.82) is 0 Å². The van der Waals surface area contributed by atoms with Crippen LogP contribution in [0.3, 0.4) is 0 Å². The van der Waals surface area contributed by atoms with Crippen LogP contribution in [0, 0.1) is 0 Å². The number of H-pyrrole nitrogens is 1. The Hall–Kier alpha value is -3.21. The molecule has 4 atom stereocenters. The molecule has 0 radical (unpaired) electrons. The van der Waals surface area contributed by atoms with Gasteiger partial charge in [-0.3, -0.25) is 0 Å². The first-order valence-corrected chi connectivity index (χ1v) is 12.1. The molecular weight excluding hydrogens is 484 g/mol. The minimum atomic E-state index is -0.636. The number of rotatable bonds is 7. The van der Waals surface area contributed by atoms with Gasteiger partial charge in [-0.15, -0.1) is 0 Å². The third kappa shape index (κ3) is 4.40. The summed E-state index contributed by atoms with van der Waals surface area (Å²) in [6.45, 7) is 1.53. The molecule has 0 bridgehead atoms. The van der Waals surface area contributed by atoms with E-state index in [4.69, 9.17) is 36.3 Å². The van der Waals surface area contributed by atoms with E-state index in [0.717, 1.165) is 22.4 Å². The van der Waals surface area contributed by atoms with Gasteiger partial charge in [0.2, 0.25) is 0 Å². The predicted molar refractivity (Wildman–Crippen MR) is 134 cm³/mol. The van der Waals surface area contributed by atoms with Crippen molar-refractivity contribution < 1.29 is 24.1 Å². The van der Waals surface area contributed by atoms with Crippen molar-refractivity contribution in [2.45, 2.75) is 24.4 Å². The smallest absolute Gasteiger partial charge is 0.296 e. The topological polar surface area (TPSA) is 125 Å². The summed E-state index contributed by atoms with van der Waals surface area (Å²) in [7, 11) is 0. The van der Waals surface area contributed by atoms with Crippen molar-refractivity contribution in [3.8, 4) is 34.1 Å². The highest BCUT2D eigenvalue weighted by Crippen LogP contribution is 2.33. The van der Waals surface area contributed by atoms with Crippen LogP contribution in [0.15, 0.2) is 54.6 Å². The molecule has 0 unspecified atom stereocenters. The fraction of sp³-hybridized carbons (Fsp3) is 0.308. The molecule has 0 spiro atoms. The number of fused-ring (bicyclic) bond motifs is 2. The lowest BCUT2D eigenvalue weighted by molar-refractivity contribution is 0.00706. The summed E-state index contributed by atoms with van der Waals surface area (Å²) in [5.74, 6) is 0.793. The highest BCUT2D eigenvalue weighted by atomic mass is 35.5. The summed E-state index contributed by atoms with van der Waals surface area (Å²) < 4.78 is 22.8. The Labute approximate surface area is 212 Å². The standard InChI is InChI=1S/C26H25ClN4O5/c27-18-11-19-25(31-26(29-19)36-21-13-35-23-20(32)12-34-24(21)23)30-22(18)16-3-1-14(2-4-16)15-5-7-17(8-6-15)33-10-9-28/h1-8,11,20-21,23-24,32H,9-10,12-13,28H2,(H,29,30,31)/t20-,21-,23-,24-/m0/s1. The zero-order valence-electron chi connectivity index (χ0n) is 19.3. The summed E-state index contributed by atoms with van der Waals surface area (Å²) in [6.07, 6.45) is -1.70. The SMILES string of the molecule is NCCOc1ccc(-c2ccc(-c3nc4nc(O[C@H]5CO[C@@H]6[C@H]5OC[C@@H]6O)[nH]c4cc3Cl)cc2)cc1. The lowest BCUT2D eigenvalue weighted by atomic mass is 10.0. The fourth-order valence-electron chi connectivity index (χ4n) is 4.58. The van der Waals surface area contributed by atoms with Crippen LogP contribution in [0.2, 0.25) is 5.02 Å². The number of hydrogen-bond acceptors (Lipinski definition) is 8. The Kier molecular flexibility index (Phi) is 6.24. The maximum absolute atomic E-state index is 9.93. The van der Waals surface area contributed by atoms with E-state index in [-0.39, 0.29) is 24.9 Å². The Bertz CT molecular complexity index is 1360. The summed E-state index contributed by atoms with van der Waals surface area (Å²) in [5, 5.41) is 10.4. The van der Waals surface area contributed by atoms with E-state index in [0.29, 0.717) is 47.6 Å². The summed E-state index contributed by atoms with van der Waals surface area (Å²) in [5.41, 5.74) is 10.3. The van der Waals surface area contributed by atoms with Crippen LogP contribution < -0.4 is 15.2 Å². The molecule has 2 aromatic carbocycles. The summed E-state index contributed by atoms with van der Waals surface area (Å²) >= 11 is 6.58. The molecule has 9 nitrogen and oxygen atoms in total. The molecule has 2 aliphatic rings. The van der Waals surface area contributed by atoms with Crippen LogP contribution in [-0.4, -0.2) is 70.8 Å². The number of aromatic nitrogens is 3. The molecule has 0 amide bonds. The van der Waals surface area contributed by atoms with Crippen molar-refractivity contribution in [2.75, 3.05) is 26.4 Å². The van der Waals surface area contributed by atoms with Crippen LogP contribution in [0.4, 0.5) is 0 Å². The Balaban J connectivity index is 1.20. The van der Waals surface area contributed by atoms with Crippen molar-refractivity contribution in [3.63, 3.8) is 0 Å². The quantitative estimate of drug-likeness (QED) is 0.347. The number of nitrogens with two attached hydrogens (primary N) is 1. The van der Waals surface area contributed by atoms with Gasteiger partial charge in [0.25, 0.3) is 6.01 Å². The molecule has 2 fully saturated rings. The van der Waals surface area contributed by atoms with Crippen LogP contribution in [0.5, 0.6) is 11.8 Å². The number of nitrogens with one attached hydrogen (secondary N) is 1.